The van der Waals surface area contributed by atoms with Crippen LogP contribution in [0, 0.1) is 6.92 Å². The van der Waals surface area contributed by atoms with Crippen molar-refractivity contribution in [1.82, 2.24) is 5.32 Å². The van der Waals surface area contributed by atoms with Gasteiger partial charge >= 0.3 is 0 Å². The van der Waals surface area contributed by atoms with E-state index >= 15 is 0 Å². The summed E-state index contributed by atoms with van der Waals surface area (Å²) < 4.78 is 6.73. The van der Waals surface area contributed by atoms with E-state index < -0.39 is 0 Å². The number of carbonyl (C=O) groups excluding carboxylic acids is 1. The van der Waals surface area contributed by atoms with Crippen LogP contribution in [0.3, 0.4) is 0 Å². The van der Waals surface area contributed by atoms with Gasteiger partial charge in [-0.15, -0.1) is 0 Å². The molecule has 1 heterocycles. The van der Waals surface area contributed by atoms with E-state index in [1.807, 2.05) is 25.1 Å². The average Bonchev–Trinajstić information content (AvgIpc) is 2.44. The minimum Gasteiger partial charge on any atom is -0.378 e. The molecule has 1 aliphatic rings. The summed E-state index contributed by atoms with van der Waals surface area (Å²) in [6, 6.07) is 5.80. The smallest absolute Gasteiger partial charge is 0.226 e. The topological polar surface area (TPSA) is 50.4 Å². The van der Waals surface area contributed by atoms with Gasteiger partial charge in [-0.2, -0.15) is 0 Å². The monoisotopic (exact) mass is 340 g/mol. The Morgan fingerprint density at radius 2 is 2.20 bits per heavy atom. The minimum absolute atomic E-state index is 0.00492. The SMILES string of the molecule is Cc1ccc(NC(=O)CCOC2CCNCC2)cc1Br. The van der Waals surface area contributed by atoms with Gasteiger partial charge < -0.3 is 15.4 Å². The lowest BCUT2D eigenvalue weighted by molar-refractivity contribution is -0.117. The molecule has 1 aliphatic heterocycles. The van der Waals surface area contributed by atoms with Gasteiger partial charge in [0.2, 0.25) is 5.91 Å². The molecule has 0 bridgehead atoms. The Morgan fingerprint density at radius 1 is 1.45 bits per heavy atom. The first-order valence-electron chi connectivity index (χ1n) is 7.03. The highest BCUT2D eigenvalue weighted by molar-refractivity contribution is 9.10. The number of halogens is 1. The first-order valence-corrected chi connectivity index (χ1v) is 7.83. The zero-order valence-electron chi connectivity index (χ0n) is 11.7. The van der Waals surface area contributed by atoms with Crippen LogP contribution in [-0.2, 0) is 9.53 Å². The Bertz CT molecular complexity index is 459. The van der Waals surface area contributed by atoms with Crippen LogP contribution in [0.2, 0.25) is 0 Å². The highest BCUT2D eigenvalue weighted by Gasteiger charge is 2.13. The van der Waals surface area contributed by atoms with Gasteiger partial charge in [-0.3, -0.25) is 4.79 Å². The average molecular weight is 341 g/mol. The summed E-state index contributed by atoms with van der Waals surface area (Å²) >= 11 is 3.46. The van der Waals surface area contributed by atoms with Crippen LogP contribution in [0.25, 0.3) is 0 Å². The fraction of sp³-hybridized carbons (Fsp3) is 0.533. The number of hydrogen-bond acceptors (Lipinski definition) is 3. The molecule has 2 rings (SSSR count). The Balaban J connectivity index is 1.70. The molecule has 1 amide bonds. The van der Waals surface area contributed by atoms with E-state index in [0.29, 0.717) is 19.1 Å². The fourth-order valence-electron chi connectivity index (χ4n) is 2.17. The van der Waals surface area contributed by atoms with Gasteiger partial charge in [0.15, 0.2) is 0 Å². The van der Waals surface area contributed by atoms with Crippen LogP contribution in [0.5, 0.6) is 0 Å². The molecule has 1 fully saturated rings. The van der Waals surface area contributed by atoms with Crippen LogP contribution in [-0.4, -0.2) is 31.7 Å². The van der Waals surface area contributed by atoms with Crippen LogP contribution in [0.15, 0.2) is 22.7 Å². The van der Waals surface area contributed by atoms with E-state index in [2.05, 4.69) is 26.6 Å². The van der Waals surface area contributed by atoms with Crippen molar-refractivity contribution in [3.63, 3.8) is 0 Å². The number of hydrogen-bond donors (Lipinski definition) is 2. The molecule has 2 N–H and O–H groups in total. The minimum atomic E-state index is -0.00492. The Labute approximate surface area is 128 Å². The summed E-state index contributed by atoms with van der Waals surface area (Å²) in [6.45, 7) is 4.52. The number of anilines is 1. The molecular weight excluding hydrogens is 320 g/mol. The summed E-state index contributed by atoms with van der Waals surface area (Å²) in [6.07, 6.45) is 2.77. The molecule has 0 saturated carbocycles. The normalized spacial score (nSPS) is 16.1. The highest BCUT2D eigenvalue weighted by atomic mass is 79.9. The molecule has 1 aromatic carbocycles. The molecule has 0 atom stereocenters. The standard InChI is InChI=1S/C15H21BrN2O2/c1-11-2-3-12(10-14(11)16)18-15(19)6-9-20-13-4-7-17-8-5-13/h2-3,10,13,17H,4-9H2,1H3,(H,18,19). The number of aryl methyl sites for hydroxylation is 1. The number of benzene rings is 1. The van der Waals surface area contributed by atoms with Crippen molar-refractivity contribution in [2.45, 2.75) is 32.3 Å². The molecule has 0 spiro atoms. The van der Waals surface area contributed by atoms with Crippen molar-refractivity contribution < 1.29 is 9.53 Å². The summed E-state index contributed by atoms with van der Waals surface area (Å²) in [7, 11) is 0. The molecular formula is C15H21BrN2O2. The van der Waals surface area contributed by atoms with E-state index in [0.717, 1.165) is 41.7 Å². The van der Waals surface area contributed by atoms with E-state index in [1.54, 1.807) is 0 Å². The van der Waals surface area contributed by atoms with Crippen molar-refractivity contribution in [3.8, 4) is 0 Å². The zero-order valence-corrected chi connectivity index (χ0v) is 13.3. The van der Waals surface area contributed by atoms with Gasteiger partial charge in [0, 0.05) is 10.2 Å². The van der Waals surface area contributed by atoms with Crippen molar-refractivity contribution in [3.05, 3.63) is 28.2 Å². The molecule has 1 aromatic rings. The molecule has 110 valence electrons. The highest BCUT2D eigenvalue weighted by Crippen LogP contribution is 2.20. The lowest BCUT2D eigenvalue weighted by atomic mass is 10.1. The van der Waals surface area contributed by atoms with E-state index in [9.17, 15) is 4.79 Å². The number of piperidine rings is 1. The van der Waals surface area contributed by atoms with Gasteiger partial charge in [-0.1, -0.05) is 22.0 Å². The largest absolute Gasteiger partial charge is 0.378 e. The van der Waals surface area contributed by atoms with Crippen molar-refractivity contribution >= 4 is 27.5 Å². The Morgan fingerprint density at radius 3 is 2.90 bits per heavy atom. The molecule has 0 aliphatic carbocycles. The predicted octanol–water partition coefficient (Wildman–Crippen LogP) is 2.85. The lowest BCUT2D eigenvalue weighted by Gasteiger charge is -2.22. The van der Waals surface area contributed by atoms with Crippen LogP contribution in [0.1, 0.15) is 24.8 Å². The van der Waals surface area contributed by atoms with Gasteiger partial charge in [0.25, 0.3) is 0 Å². The third-order valence-corrected chi connectivity index (χ3v) is 4.28. The second-order valence-corrected chi connectivity index (χ2v) is 5.94. The fourth-order valence-corrected chi connectivity index (χ4v) is 2.55. The molecule has 20 heavy (non-hydrogen) atoms. The summed E-state index contributed by atoms with van der Waals surface area (Å²) in [4.78, 5) is 11.8. The van der Waals surface area contributed by atoms with Crippen molar-refractivity contribution in [1.29, 1.82) is 0 Å². The molecule has 0 aromatic heterocycles. The number of amides is 1. The molecule has 0 unspecified atom stereocenters. The van der Waals surface area contributed by atoms with Crippen LogP contribution >= 0.6 is 15.9 Å². The van der Waals surface area contributed by atoms with Gasteiger partial charge in [-0.25, -0.2) is 0 Å². The maximum absolute atomic E-state index is 11.8. The van der Waals surface area contributed by atoms with Gasteiger partial charge in [0.05, 0.1) is 19.1 Å². The molecule has 4 nitrogen and oxygen atoms in total. The summed E-state index contributed by atoms with van der Waals surface area (Å²) in [5.41, 5.74) is 1.96. The first kappa shape index (κ1) is 15.5. The molecule has 0 radical (unpaired) electrons. The number of rotatable bonds is 5. The van der Waals surface area contributed by atoms with Gasteiger partial charge in [-0.05, 0) is 50.6 Å². The Hall–Kier alpha value is -0.910. The zero-order chi connectivity index (χ0) is 14.4. The predicted molar refractivity (Wildman–Crippen MR) is 84.0 cm³/mol. The Kier molecular flexibility index (Phi) is 6.01. The van der Waals surface area contributed by atoms with Crippen molar-refractivity contribution in [2.24, 2.45) is 0 Å². The van der Waals surface area contributed by atoms with Crippen molar-refractivity contribution in [2.75, 3.05) is 25.0 Å². The molecule has 5 heteroatoms. The summed E-state index contributed by atoms with van der Waals surface area (Å²) in [5, 5.41) is 6.18. The second kappa shape index (κ2) is 7.76. The lowest BCUT2D eigenvalue weighted by Crippen LogP contribution is -2.33. The number of carbonyl (C=O) groups is 1. The quantitative estimate of drug-likeness (QED) is 0.866. The van der Waals surface area contributed by atoms with E-state index in [4.69, 9.17) is 4.74 Å². The summed E-state index contributed by atoms with van der Waals surface area (Å²) in [5.74, 6) is -0.00492. The maximum Gasteiger partial charge on any atom is 0.226 e. The van der Waals surface area contributed by atoms with E-state index in [1.165, 1.54) is 0 Å². The first-order chi connectivity index (χ1) is 9.65. The van der Waals surface area contributed by atoms with E-state index in [-0.39, 0.29) is 5.91 Å². The number of ether oxygens (including phenoxy) is 1. The third kappa shape index (κ3) is 4.89. The van der Waals surface area contributed by atoms with Crippen LogP contribution in [0.4, 0.5) is 5.69 Å². The third-order valence-electron chi connectivity index (χ3n) is 3.42. The maximum atomic E-state index is 11.8. The van der Waals surface area contributed by atoms with Gasteiger partial charge in [0.1, 0.15) is 0 Å². The van der Waals surface area contributed by atoms with Crippen LogP contribution < -0.4 is 10.6 Å². The molecule has 1 saturated heterocycles. The second-order valence-electron chi connectivity index (χ2n) is 5.08. The number of nitrogens with one attached hydrogen (secondary N) is 2.